The number of benzene rings is 1. The molecule has 1 aliphatic rings. The molecule has 1 N–H and O–H groups in total. The molecular formula is C13H13ClN2O3. The highest BCUT2D eigenvalue weighted by molar-refractivity contribution is 6.31. The lowest BCUT2D eigenvalue weighted by atomic mass is 9.98. The van der Waals surface area contributed by atoms with Crippen LogP contribution in [-0.2, 0) is 4.79 Å². The van der Waals surface area contributed by atoms with Gasteiger partial charge in [-0.25, -0.2) is 0 Å². The van der Waals surface area contributed by atoms with Gasteiger partial charge in [0.05, 0.1) is 11.3 Å². The fourth-order valence-electron chi connectivity index (χ4n) is 2.50. The number of aliphatic carboxylic acids is 1. The lowest BCUT2D eigenvalue weighted by molar-refractivity contribution is -0.141. The Balaban J connectivity index is 1.95. The molecule has 1 saturated heterocycles. The fraction of sp³-hybridized carbons (Fsp3) is 0.385. The van der Waals surface area contributed by atoms with Crippen molar-refractivity contribution in [2.45, 2.75) is 12.8 Å². The van der Waals surface area contributed by atoms with Crippen LogP contribution >= 0.6 is 11.6 Å². The van der Waals surface area contributed by atoms with Crippen molar-refractivity contribution in [1.29, 1.82) is 0 Å². The Morgan fingerprint density at radius 1 is 1.53 bits per heavy atom. The van der Waals surface area contributed by atoms with E-state index in [-0.39, 0.29) is 5.92 Å². The number of anilines is 1. The van der Waals surface area contributed by atoms with E-state index < -0.39 is 5.97 Å². The van der Waals surface area contributed by atoms with Crippen LogP contribution in [-0.4, -0.2) is 29.3 Å². The molecule has 1 aromatic heterocycles. The van der Waals surface area contributed by atoms with Crippen molar-refractivity contribution in [1.82, 2.24) is 5.16 Å². The van der Waals surface area contributed by atoms with Crippen molar-refractivity contribution in [3.8, 4) is 0 Å². The second kappa shape index (κ2) is 4.74. The zero-order valence-electron chi connectivity index (χ0n) is 10.2. The monoisotopic (exact) mass is 280 g/mol. The van der Waals surface area contributed by atoms with Crippen molar-refractivity contribution in [3.63, 3.8) is 0 Å². The Kier molecular flexibility index (Phi) is 3.06. The number of fused-ring (bicyclic) bond motifs is 1. The van der Waals surface area contributed by atoms with Crippen molar-refractivity contribution in [2.24, 2.45) is 5.92 Å². The average Bonchev–Trinajstić information content (AvgIpc) is 2.81. The summed E-state index contributed by atoms with van der Waals surface area (Å²) in [5.41, 5.74) is 0.664. The van der Waals surface area contributed by atoms with E-state index in [9.17, 15) is 4.79 Å². The van der Waals surface area contributed by atoms with Crippen molar-refractivity contribution in [3.05, 3.63) is 23.2 Å². The smallest absolute Gasteiger partial charge is 0.308 e. The van der Waals surface area contributed by atoms with E-state index in [0.717, 1.165) is 18.4 Å². The van der Waals surface area contributed by atoms with Crippen LogP contribution in [0.3, 0.4) is 0 Å². The van der Waals surface area contributed by atoms with Crippen LogP contribution in [0, 0.1) is 5.92 Å². The largest absolute Gasteiger partial charge is 0.481 e. The van der Waals surface area contributed by atoms with Crippen LogP contribution in [0.5, 0.6) is 0 Å². The third-order valence-corrected chi connectivity index (χ3v) is 3.72. The van der Waals surface area contributed by atoms with E-state index in [0.29, 0.717) is 29.4 Å². The van der Waals surface area contributed by atoms with Crippen LogP contribution in [0.2, 0.25) is 5.02 Å². The summed E-state index contributed by atoms with van der Waals surface area (Å²) in [6.07, 6.45) is 1.55. The van der Waals surface area contributed by atoms with Gasteiger partial charge in [0.2, 0.25) is 0 Å². The Hall–Kier alpha value is -1.75. The minimum absolute atomic E-state index is 0.348. The summed E-state index contributed by atoms with van der Waals surface area (Å²) in [4.78, 5) is 13.1. The van der Waals surface area contributed by atoms with E-state index in [4.69, 9.17) is 21.2 Å². The lowest BCUT2D eigenvalue weighted by Crippen LogP contribution is -2.38. The molecule has 6 heteroatoms. The minimum Gasteiger partial charge on any atom is -0.481 e. The maximum absolute atomic E-state index is 11.1. The number of aromatic nitrogens is 1. The van der Waals surface area contributed by atoms with Gasteiger partial charge in [-0.15, -0.1) is 0 Å². The number of hydrogen-bond donors (Lipinski definition) is 1. The van der Waals surface area contributed by atoms with Gasteiger partial charge in [-0.3, -0.25) is 4.79 Å². The third-order valence-electron chi connectivity index (χ3n) is 3.48. The third kappa shape index (κ3) is 2.26. The Morgan fingerprint density at radius 2 is 2.37 bits per heavy atom. The molecule has 1 fully saturated rings. The lowest BCUT2D eigenvalue weighted by Gasteiger charge is -2.30. The number of halogens is 1. The summed E-state index contributed by atoms with van der Waals surface area (Å²) >= 11 is 5.98. The number of hydrogen-bond acceptors (Lipinski definition) is 4. The van der Waals surface area contributed by atoms with Gasteiger partial charge in [0.1, 0.15) is 0 Å². The van der Waals surface area contributed by atoms with Gasteiger partial charge in [0.25, 0.3) is 0 Å². The molecule has 0 amide bonds. The average molecular weight is 281 g/mol. The molecule has 2 heterocycles. The first-order valence-electron chi connectivity index (χ1n) is 6.18. The van der Waals surface area contributed by atoms with Gasteiger partial charge in [0, 0.05) is 18.1 Å². The molecule has 0 aliphatic carbocycles. The highest BCUT2D eigenvalue weighted by Crippen LogP contribution is 2.31. The van der Waals surface area contributed by atoms with E-state index in [2.05, 4.69) is 5.16 Å². The SMILES string of the molecule is O=C(O)C1CCCN(c2noc3ccc(Cl)cc23)C1. The predicted molar refractivity (Wildman–Crippen MR) is 71.6 cm³/mol. The Labute approximate surface area is 114 Å². The zero-order valence-corrected chi connectivity index (χ0v) is 10.9. The molecule has 3 rings (SSSR count). The zero-order chi connectivity index (χ0) is 13.4. The standard InChI is InChI=1S/C13H13ClN2O3/c14-9-3-4-11-10(6-9)12(15-19-11)16-5-1-2-8(7-16)13(17)18/h3-4,6,8H,1-2,5,7H2,(H,17,18). The molecule has 1 atom stereocenters. The second-order valence-electron chi connectivity index (χ2n) is 4.77. The number of piperidine rings is 1. The normalized spacial score (nSPS) is 19.8. The number of carboxylic acids is 1. The molecule has 1 aliphatic heterocycles. The van der Waals surface area contributed by atoms with Gasteiger partial charge in [-0.05, 0) is 31.0 Å². The van der Waals surface area contributed by atoms with E-state index >= 15 is 0 Å². The summed E-state index contributed by atoms with van der Waals surface area (Å²) in [5, 5.41) is 14.6. The Bertz CT molecular complexity index is 625. The molecule has 2 aromatic rings. The molecule has 0 saturated carbocycles. The molecule has 0 spiro atoms. The maximum atomic E-state index is 11.1. The molecule has 1 unspecified atom stereocenters. The first-order valence-corrected chi connectivity index (χ1v) is 6.55. The quantitative estimate of drug-likeness (QED) is 0.916. The topological polar surface area (TPSA) is 66.6 Å². The van der Waals surface area contributed by atoms with E-state index in [1.54, 1.807) is 18.2 Å². The molecule has 1 aromatic carbocycles. The van der Waals surface area contributed by atoms with Gasteiger partial charge < -0.3 is 14.5 Å². The summed E-state index contributed by atoms with van der Waals surface area (Å²) in [6.45, 7) is 1.25. The Morgan fingerprint density at radius 3 is 3.16 bits per heavy atom. The number of nitrogens with zero attached hydrogens (tertiary/aromatic N) is 2. The van der Waals surface area contributed by atoms with Crippen molar-refractivity contribution >= 4 is 34.4 Å². The van der Waals surface area contributed by atoms with Gasteiger partial charge in [-0.1, -0.05) is 16.8 Å². The van der Waals surface area contributed by atoms with Crippen LogP contribution in [0.4, 0.5) is 5.82 Å². The first kappa shape index (κ1) is 12.3. The number of carbonyl (C=O) groups is 1. The second-order valence-corrected chi connectivity index (χ2v) is 5.21. The van der Waals surface area contributed by atoms with E-state index in [1.807, 2.05) is 4.90 Å². The van der Waals surface area contributed by atoms with Gasteiger partial charge in [-0.2, -0.15) is 0 Å². The molecule has 100 valence electrons. The molecule has 19 heavy (non-hydrogen) atoms. The van der Waals surface area contributed by atoms with Gasteiger partial charge >= 0.3 is 5.97 Å². The van der Waals surface area contributed by atoms with Crippen LogP contribution in [0.15, 0.2) is 22.7 Å². The maximum Gasteiger partial charge on any atom is 0.308 e. The summed E-state index contributed by atoms with van der Waals surface area (Å²) < 4.78 is 5.26. The summed E-state index contributed by atoms with van der Waals surface area (Å²) in [5.74, 6) is -0.418. The van der Waals surface area contributed by atoms with Crippen molar-refractivity contribution in [2.75, 3.05) is 18.0 Å². The fourth-order valence-corrected chi connectivity index (χ4v) is 2.67. The molecular weight excluding hydrogens is 268 g/mol. The van der Waals surface area contributed by atoms with Crippen LogP contribution in [0.1, 0.15) is 12.8 Å². The molecule has 0 radical (unpaired) electrons. The molecule has 5 nitrogen and oxygen atoms in total. The first-order chi connectivity index (χ1) is 9.15. The highest BCUT2D eigenvalue weighted by Gasteiger charge is 2.28. The van der Waals surface area contributed by atoms with E-state index in [1.165, 1.54) is 0 Å². The van der Waals surface area contributed by atoms with Gasteiger partial charge in [0.15, 0.2) is 11.4 Å². The predicted octanol–water partition coefficient (Wildman–Crippen LogP) is 2.78. The van der Waals surface area contributed by atoms with Crippen LogP contribution < -0.4 is 4.90 Å². The number of rotatable bonds is 2. The molecule has 0 bridgehead atoms. The summed E-state index contributed by atoms with van der Waals surface area (Å²) in [7, 11) is 0. The van der Waals surface area contributed by atoms with Crippen LogP contribution in [0.25, 0.3) is 11.0 Å². The highest BCUT2D eigenvalue weighted by atomic mass is 35.5. The number of carboxylic acid groups (broad SMARTS) is 1. The minimum atomic E-state index is -0.754. The summed E-state index contributed by atoms with van der Waals surface area (Å²) in [6, 6.07) is 5.31. The van der Waals surface area contributed by atoms with Crippen molar-refractivity contribution < 1.29 is 14.4 Å².